The normalized spacial score (nSPS) is 20.4. The van der Waals surface area contributed by atoms with Crippen LogP contribution in [0.5, 0.6) is 0 Å². The standard InChI is InChI=1S/C23H30N4O/c1-26-11-13-27(14-12-26)17-18-7-8-20-16-22(10-9-19(20)15-18)25-23(28)24-21-5-3-2-4-6-21/h2-6,9-10,16,18H,7-8,11-15,17H2,1H3,(H2,24,25,28). The van der Waals surface area contributed by atoms with Gasteiger partial charge in [0.1, 0.15) is 0 Å². The van der Waals surface area contributed by atoms with Gasteiger partial charge in [0, 0.05) is 44.1 Å². The summed E-state index contributed by atoms with van der Waals surface area (Å²) in [5, 5.41) is 5.83. The van der Waals surface area contributed by atoms with Crippen molar-refractivity contribution in [3.63, 3.8) is 0 Å². The molecule has 2 N–H and O–H groups in total. The summed E-state index contributed by atoms with van der Waals surface area (Å²) >= 11 is 0. The van der Waals surface area contributed by atoms with Gasteiger partial charge in [-0.3, -0.25) is 0 Å². The van der Waals surface area contributed by atoms with Crippen LogP contribution in [0.1, 0.15) is 17.5 Å². The highest BCUT2D eigenvalue weighted by molar-refractivity contribution is 5.99. The first-order valence-corrected chi connectivity index (χ1v) is 10.3. The number of amides is 2. The number of piperazine rings is 1. The van der Waals surface area contributed by atoms with Gasteiger partial charge in [-0.25, -0.2) is 4.79 Å². The quantitative estimate of drug-likeness (QED) is 0.853. The van der Waals surface area contributed by atoms with E-state index in [0.717, 1.165) is 30.1 Å². The molecule has 2 aromatic carbocycles. The minimum atomic E-state index is -0.199. The molecule has 0 spiro atoms. The minimum absolute atomic E-state index is 0.199. The highest BCUT2D eigenvalue weighted by Crippen LogP contribution is 2.28. The number of nitrogens with one attached hydrogen (secondary N) is 2. The predicted octanol–water partition coefficient (Wildman–Crippen LogP) is 3.68. The fraction of sp³-hybridized carbons (Fsp3) is 0.435. The van der Waals surface area contributed by atoms with E-state index >= 15 is 0 Å². The fourth-order valence-corrected chi connectivity index (χ4v) is 4.27. The van der Waals surface area contributed by atoms with Gasteiger partial charge in [0.05, 0.1) is 0 Å². The number of hydrogen-bond acceptors (Lipinski definition) is 3. The molecule has 0 bridgehead atoms. The van der Waals surface area contributed by atoms with Crippen molar-refractivity contribution in [2.45, 2.75) is 19.3 Å². The molecule has 5 heteroatoms. The number of hydrogen-bond donors (Lipinski definition) is 2. The van der Waals surface area contributed by atoms with Crippen LogP contribution >= 0.6 is 0 Å². The van der Waals surface area contributed by atoms with Crippen molar-refractivity contribution in [2.75, 3.05) is 50.4 Å². The number of carbonyl (C=O) groups excluding carboxylic acids is 1. The first-order valence-electron chi connectivity index (χ1n) is 10.3. The maximum Gasteiger partial charge on any atom is 0.323 e. The van der Waals surface area contributed by atoms with E-state index in [4.69, 9.17) is 0 Å². The summed E-state index contributed by atoms with van der Waals surface area (Å²) in [6, 6.07) is 15.7. The van der Waals surface area contributed by atoms with Crippen molar-refractivity contribution in [1.29, 1.82) is 0 Å². The summed E-state index contributed by atoms with van der Waals surface area (Å²) in [6.45, 7) is 5.97. The molecule has 1 heterocycles. The molecule has 2 amide bonds. The van der Waals surface area contributed by atoms with Crippen LogP contribution in [0.25, 0.3) is 0 Å². The van der Waals surface area contributed by atoms with Gasteiger partial charge in [-0.1, -0.05) is 24.3 Å². The van der Waals surface area contributed by atoms with E-state index < -0.39 is 0 Å². The molecule has 1 unspecified atom stereocenters. The second-order valence-electron chi connectivity index (χ2n) is 8.14. The number of nitrogens with zero attached hydrogens (tertiary/aromatic N) is 2. The zero-order valence-corrected chi connectivity index (χ0v) is 16.7. The van der Waals surface area contributed by atoms with Gasteiger partial charge in [0.2, 0.25) is 0 Å². The Labute approximate surface area is 167 Å². The highest BCUT2D eigenvalue weighted by atomic mass is 16.2. The number of rotatable bonds is 4. The van der Waals surface area contributed by atoms with E-state index in [-0.39, 0.29) is 6.03 Å². The van der Waals surface area contributed by atoms with Crippen LogP contribution in [-0.2, 0) is 12.8 Å². The molecule has 148 valence electrons. The van der Waals surface area contributed by atoms with E-state index in [2.05, 4.69) is 39.6 Å². The van der Waals surface area contributed by atoms with E-state index in [9.17, 15) is 4.79 Å². The molecule has 0 radical (unpaired) electrons. The SMILES string of the molecule is CN1CCN(CC2CCc3cc(NC(=O)Nc4ccccc4)ccc3C2)CC1. The molecule has 1 fully saturated rings. The monoisotopic (exact) mass is 378 g/mol. The molecule has 5 nitrogen and oxygen atoms in total. The second kappa shape index (κ2) is 8.76. The lowest BCUT2D eigenvalue weighted by molar-refractivity contribution is 0.132. The maximum absolute atomic E-state index is 12.2. The van der Waals surface area contributed by atoms with E-state index in [1.165, 1.54) is 50.3 Å². The molecule has 1 saturated heterocycles. The number of para-hydroxylation sites is 1. The zero-order valence-electron chi connectivity index (χ0n) is 16.7. The largest absolute Gasteiger partial charge is 0.323 e. The van der Waals surface area contributed by atoms with E-state index in [1.807, 2.05) is 36.4 Å². The van der Waals surface area contributed by atoms with Crippen molar-refractivity contribution in [3.05, 3.63) is 59.7 Å². The molecule has 2 aliphatic rings. The Morgan fingerprint density at radius 2 is 1.71 bits per heavy atom. The van der Waals surface area contributed by atoms with Gasteiger partial charge < -0.3 is 20.4 Å². The lowest BCUT2D eigenvalue weighted by Gasteiger charge is -2.36. The molecule has 28 heavy (non-hydrogen) atoms. The van der Waals surface area contributed by atoms with Crippen molar-refractivity contribution >= 4 is 17.4 Å². The molecule has 0 aromatic heterocycles. The summed E-state index contributed by atoms with van der Waals surface area (Å²) in [5.74, 6) is 0.746. The zero-order chi connectivity index (χ0) is 19.3. The Bertz CT molecular complexity index is 800. The third-order valence-corrected chi connectivity index (χ3v) is 5.94. The second-order valence-corrected chi connectivity index (χ2v) is 8.14. The third-order valence-electron chi connectivity index (χ3n) is 5.94. The van der Waals surface area contributed by atoms with Crippen LogP contribution in [0.4, 0.5) is 16.2 Å². The van der Waals surface area contributed by atoms with Crippen molar-refractivity contribution in [2.24, 2.45) is 5.92 Å². The lowest BCUT2D eigenvalue weighted by atomic mass is 9.83. The van der Waals surface area contributed by atoms with Crippen LogP contribution in [-0.4, -0.2) is 55.6 Å². The fourth-order valence-electron chi connectivity index (χ4n) is 4.27. The van der Waals surface area contributed by atoms with Gasteiger partial charge >= 0.3 is 6.03 Å². The number of carbonyl (C=O) groups is 1. The van der Waals surface area contributed by atoms with Crippen LogP contribution in [0.2, 0.25) is 0 Å². The summed E-state index contributed by atoms with van der Waals surface area (Å²) in [5.41, 5.74) is 4.49. The molecular formula is C23H30N4O. The molecule has 2 aromatic rings. The van der Waals surface area contributed by atoms with Gasteiger partial charge in [-0.15, -0.1) is 0 Å². The number of anilines is 2. The number of aryl methyl sites for hydroxylation is 1. The van der Waals surface area contributed by atoms with Crippen LogP contribution in [0.3, 0.4) is 0 Å². The summed E-state index contributed by atoms with van der Waals surface area (Å²) in [6.07, 6.45) is 3.49. The Balaban J connectivity index is 1.31. The predicted molar refractivity (Wildman–Crippen MR) is 115 cm³/mol. The lowest BCUT2D eigenvalue weighted by Crippen LogP contribution is -2.46. The number of fused-ring (bicyclic) bond motifs is 1. The average Bonchev–Trinajstić information content (AvgIpc) is 2.70. The third kappa shape index (κ3) is 4.91. The van der Waals surface area contributed by atoms with Crippen LogP contribution < -0.4 is 10.6 Å². The van der Waals surface area contributed by atoms with Crippen molar-refractivity contribution in [1.82, 2.24) is 9.80 Å². The number of likely N-dealkylation sites (N-methyl/N-ethyl adjacent to an activating group) is 1. The smallest absolute Gasteiger partial charge is 0.308 e. The first-order chi connectivity index (χ1) is 13.7. The summed E-state index contributed by atoms with van der Waals surface area (Å²) < 4.78 is 0. The summed E-state index contributed by atoms with van der Waals surface area (Å²) in [4.78, 5) is 17.3. The molecule has 0 saturated carbocycles. The van der Waals surface area contributed by atoms with Gasteiger partial charge in [-0.05, 0) is 67.6 Å². The Hall–Kier alpha value is -2.37. The van der Waals surface area contributed by atoms with E-state index in [0.29, 0.717) is 0 Å². The van der Waals surface area contributed by atoms with Crippen LogP contribution in [0.15, 0.2) is 48.5 Å². The minimum Gasteiger partial charge on any atom is -0.308 e. The molecular weight excluding hydrogens is 348 g/mol. The Kier molecular flexibility index (Phi) is 5.93. The topological polar surface area (TPSA) is 47.6 Å². The molecule has 1 aliphatic heterocycles. The van der Waals surface area contributed by atoms with Gasteiger partial charge in [-0.2, -0.15) is 0 Å². The van der Waals surface area contributed by atoms with Crippen molar-refractivity contribution < 1.29 is 4.79 Å². The molecule has 1 aliphatic carbocycles. The van der Waals surface area contributed by atoms with Crippen LogP contribution in [0, 0.1) is 5.92 Å². The number of urea groups is 1. The first kappa shape index (κ1) is 19.0. The van der Waals surface area contributed by atoms with Gasteiger partial charge in [0.15, 0.2) is 0 Å². The maximum atomic E-state index is 12.2. The Morgan fingerprint density at radius 3 is 2.50 bits per heavy atom. The molecule has 4 rings (SSSR count). The summed E-state index contributed by atoms with van der Waals surface area (Å²) in [7, 11) is 2.21. The van der Waals surface area contributed by atoms with Gasteiger partial charge in [0.25, 0.3) is 0 Å². The average molecular weight is 379 g/mol. The number of benzene rings is 2. The Morgan fingerprint density at radius 1 is 0.964 bits per heavy atom. The molecule has 1 atom stereocenters. The van der Waals surface area contributed by atoms with Crippen molar-refractivity contribution in [3.8, 4) is 0 Å². The van der Waals surface area contributed by atoms with E-state index in [1.54, 1.807) is 0 Å². The highest BCUT2D eigenvalue weighted by Gasteiger charge is 2.23.